The molecule has 0 saturated heterocycles. The van der Waals surface area contributed by atoms with Gasteiger partial charge in [-0.1, -0.05) is 59.6 Å². The topological polar surface area (TPSA) is 95.6 Å². The number of rotatable bonds is 9. The molecule has 176 valence electrons. The van der Waals surface area contributed by atoms with Crippen molar-refractivity contribution >= 4 is 56.4 Å². The molecule has 3 aromatic rings. The number of hydrogen-bond donors (Lipinski definition) is 2. The number of amides is 2. The zero-order chi connectivity index (χ0) is 24.7. The maximum absolute atomic E-state index is 13.4. The van der Waals surface area contributed by atoms with Crippen molar-refractivity contribution in [3.63, 3.8) is 0 Å². The summed E-state index contributed by atoms with van der Waals surface area (Å²) in [6.45, 7) is 3.22. The van der Waals surface area contributed by atoms with Gasteiger partial charge in [-0.15, -0.1) is 6.58 Å². The number of para-hydroxylation sites is 1. The molecule has 34 heavy (non-hydrogen) atoms. The van der Waals surface area contributed by atoms with Crippen molar-refractivity contribution in [3.05, 3.63) is 101 Å². The summed E-state index contributed by atoms with van der Waals surface area (Å²) in [5, 5.41) is 5.68. The summed E-state index contributed by atoms with van der Waals surface area (Å²) >= 11 is 12.2. The molecule has 0 unspecified atom stereocenters. The Kier molecular flexibility index (Phi) is 8.33. The van der Waals surface area contributed by atoms with Crippen LogP contribution in [0.25, 0.3) is 0 Å². The van der Waals surface area contributed by atoms with Gasteiger partial charge in [-0.05, 0) is 42.5 Å². The lowest BCUT2D eigenvalue weighted by Crippen LogP contribution is -2.38. The Morgan fingerprint density at radius 1 is 0.941 bits per heavy atom. The van der Waals surface area contributed by atoms with E-state index >= 15 is 0 Å². The lowest BCUT2D eigenvalue weighted by atomic mass is 10.1. The van der Waals surface area contributed by atoms with Crippen molar-refractivity contribution in [2.45, 2.75) is 4.90 Å². The summed E-state index contributed by atoms with van der Waals surface area (Å²) in [5.41, 5.74) is 0.574. The van der Waals surface area contributed by atoms with Crippen molar-refractivity contribution in [2.75, 3.05) is 22.7 Å². The molecule has 0 fully saturated rings. The molecule has 7 nitrogen and oxygen atoms in total. The van der Waals surface area contributed by atoms with Crippen molar-refractivity contribution in [1.82, 2.24) is 5.32 Å². The van der Waals surface area contributed by atoms with E-state index in [1.165, 1.54) is 36.4 Å². The Labute approximate surface area is 208 Å². The van der Waals surface area contributed by atoms with Crippen molar-refractivity contribution in [2.24, 2.45) is 0 Å². The average Bonchev–Trinajstić information content (AvgIpc) is 2.81. The van der Waals surface area contributed by atoms with Crippen molar-refractivity contribution in [1.29, 1.82) is 0 Å². The number of nitrogens with one attached hydrogen (secondary N) is 2. The fourth-order valence-electron chi connectivity index (χ4n) is 3.09. The maximum atomic E-state index is 13.4. The molecule has 2 amide bonds. The summed E-state index contributed by atoms with van der Waals surface area (Å²) in [5.74, 6) is -1.08. The minimum atomic E-state index is -4.15. The van der Waals surface area contributed by atoms with Crippen LogP contribution in [0.2, 0.25) is 10.0 Å². The highest BCUT2D eigenvalue weighted by molar-refractivity contribution is 7.92. The Balaban J connectivity index is 1.95. The van der Waals surface area contributed by atoms with E-state index in [-0.39, 0.29) is 38.4 Å². The number of benzene rings is 3. The van der Waals surface area contributed by atoms with Gasteiger partial charge in [-0.2, -0.15) is 0 Å². The van der Waals surface area contributed by atoms with Gasteiger partial charge in [0, 0.05) is 16.6 Å². The molecule has 0 spiro atoms. The van der Waals surface area contributed by atoms with Gasteiger partial charge in [0.25, 0.3) is 15.9 Å². The molecule has 0 atom stereocenters. The second-order valence-corrected chi connectivity index (χ2v) is 9.78. The number of carbonyl (C=O) groups excluding carboxylic acids is 2. The molecule has 0 aliphatic heterocycles. The Morgan fingerprint density at radius 3 is 2.21 bits per heavy atom. The molecule has 0 radical (unpaired) electrons. The van der Waals surface area contributed by atoms with Gasteiger partial charge in [0.15, 0.2) is 0 Å². The standard InChI is InChI=1S/C24H21Cl2N3O4S/c1-2-12-27-24(31)21-10-6-7-11-22(21)28-23(30)16-29(19-14-17(25)13-18(26)15-19)34(32,33)20-8-4-3-5-9-20/h2-11,13-15H,1,12,16H2,(H,27,31)(H,28,30). The fraction of sp³-hybridized carbons (Fsp3) is 0.0833. The lowest BCUT2D eigenvalue weighted by molar-refractivity contribution is -0.114. The first-order valence-corrected chi connectivity index (χ1v) is 12.2. The number of anilines is 2. The summed E-state index contributed by atoms with van der Waals surface area (Å²) < 4.78 is 27.8. The SMILES string of the molecule is C=CCNC(=O)c1ccccc1NC(=O)CN(c1cc(Cl)cc(Cl)c1)S(=O)(=O)c1ccccc1. The molecule has 3 aromatic carbocycles. The first-order valence-electron chi connectivity index (χ1n) is 10.0. The minimum absolute atomic E-state index is 0.0110. The van der Waals surface area contributed by atoms with Crippen LogP contribution in [0.5, 0.6) is 0 Å². The molecule has 0 aliphatic rings. The van der Waals surface area contributed by atoms with E-state index in [0.29, 0.717) is 0 Å². The van der Waals surface area contributed by atoms with Gasteiger partial charge in [-0.3, -0.25) is 13.9 Å². The number of sulfonamides is 1. The predicted molar refractivity (Wildman–Crippen MR) is 135 cm³/mol. The number of carbonyl (C=O) groups is 2. The van der Waals surface area contributed by atoms with Crippen LogP contribution in [-0.2, 0) is 14.8 Å². The van der Waals surface area contributed by atoms with Gasteiger partial charge in [0.05, 0.1) is 21.8 Å². The van der Waals surface area contributed by atoms with E-state index in [4.69, 9.17) is 23.2 Å². The van der Waals surface area contributed by atoms with Crippen LogP contribution < -0.4 is 14.9 Å². The third kappa shape index (κ3) is 6.17. The predicted octanol–water partition coefficient (Wildman–Crippen LogP) is 4.74. The van der Waals surface area contributed by atoms with Gasteiger partial charge in [-0.25, -0.2) is 8.42 Å². The van der Waals surface area contributed by atoms with Crippen LogP contribution in [0.1, 0.15) is 10.4 Å². The third-order valence-corrected chi connectivity index (χ3v) is 6.83. The van der Waals surface area contributed by atoms with Gasteiger partial charge >= 0.3 is 0 Å². The minimum Gasteiger partial charge on any atom is -0.349 e. The largest absolute Gasteiger partial charge is 0.349 e. The maximum Gasteiger partial charge on any atom is 0.264 e. The van der Waals surface area contributed by atoms with E-state index in [1.54, 1.807) is 42.5 Å². The smallest absolute Gasteiger partial charge is 0.264 e. The highest BCUT2D eigenvalue weighted by Crippen LogP contribution is 2.29. The highest BCUT2D eigenvalue weighted by atomic mass is 35.5. The van der Waals surface area contributed by atoms with E-state index in [0.717, 1.165) is 4.31 Å². The first kappa shape index (κ1) is 25.3. The van der Waals surface area contributed by atoms with Gasteiger partial charge < -0.3 is 10.6 Å². The number of nitrogens with zero attached hydrogens (tertiary/aromatic N) is 1. The molecule has 2 N–H and O–H groups in total. The third-order valence-electron chi connectivity index (χ3n) is 4.61. The Hall–Kier alpha value is -3.33. The summed E-state index contributed by atoms with van der Waals surface area (Å²) in [6.07, 6.45) is 1.53. The molecular formula is C24H21Cl2N3O4S. The summed E-state index contributed by atoms with van der Waals surface area (Å²) in [7, 11) is -4.15. The van der Waals surface area contributed by atoms with Crippen LogP contribution in [0, 0.1) is 0 Å². The second-order valence-electron chi connectivity index (χ2n) is 7.04. The van der Waals surface area contributed by atoms with Crippen LogP contribution in [0.15, 0.2) is 90.3 Å². The number of halogens is 2. The summed E-state index contributed by atoms with van der Waals surface area (Å²) in [6, 6.07) is 18.3. The van der Waals surface area contributed by atoms with Crippen LogP contribution in [0.4, 0.5) is 11.4 Å². The number of hydrogen-bond acceptors (Lipinski definition) is 4. The molecule has 0 aliphatic carbocycles. The molecule has 3 rings (SSSR count). The molecular weight excluding hydrogens is 497 g/mol. The highest BCUT2D eigenvalue weighted by Gasteiger charge is 2.28. The molecule has 0 saturated carbocycles. The van der Waals surface area contributed by atoms with Crippen molar-refractivity contribution < 1.29 is 18.0 Å². The van der Waals surface area contributed by atoms with E-state index < -0.39 is 28.4 Å². The molecule has 0 aromatic heterocycles. The first-order chi connectivity index (χ1) is 16.2. The van der Waals surface area contributed by atoms with Gasteiger partial charge in [0.1, 0.15) is 6.54 Å². The van der Waals surface area contributed by atoms with E-state index in [1.807, 2.05) is 0 Å². The van der Waals surface area contributed by atoms with Crippen LogP contribution in [-0.4, -0.2) is 33.3 Å². The Bertz CT molecular complexity index is 1290. The molecule has 10 heteroatoms. The normalized spacial score (nSPS) is 10.9. The van der Waals surface area contributed by atoms with E-state index in [2.05, 4.69) is 17.2 Å². The van der Waals surface area contributed by atoms with Crippen LogP contribution >= 0.6 is 23.2 Å². The quantitative estimate of drug-likeness (QED) is 0.400. The second kappa shape index (κ2) is 11.2. The molecule has 0 heterocycles. The van der Waals surface area contributed by atoms with Crippen molar-refractivity contribution in [3.8, 4) is 0 Å². The fourth-order valence-corrected chi connectivity index (χ4v) is 5.03. The Morgan fingerprint density at radius 2 is 1.56 bits per heavy atom. The van der Waals surface area contributed by atoms with Gasteiger partial charge in [0.2, 0.25) is 5.91 Å². The summed E-state index contributed by atoms with van der Waals surface area (Å²) in [4.78, 5) is 25.4. The van der Waals surface area contributed by atoms with E-state index in [9.17, 15) is 18.0 Å². The lowest BCUT2D eigenvalue weighted by Gasteiger charge is -2.24. The van der Waals surface area contributed by atoms with Crippen LogP contribution in [0.3, 0.4) is 0 Å². The zero-order valence-corrected chi connectivity index (χ0v) is 20.2. The molecule has 0 bridgehead atoms. The zero-order valence-electron chi connectivity index (χ0n) is 17.9. The average molecular weight is 518 g/mol. The monoisotopic (exact) mass is 517 g/mol.